The van der Waals surface area contributed by atoms with Crippen LogP contribution in [0.1, 0.15) is 31.8 Å². The first-order chi connectivity index (χ1) is 5.91. The van der Waals surface area contributed by atoms with Gasteiger partial charge in [-0.05, 0) is 19.9 Å². The summed E-state index contributed by atoms with van der Waals surface area (Å²) in [6.45, 7) is 3.33. The smallest absolute Gasteiger partial charge is 0.280 e. The summed E-state index contributed by atoms with van der Waals surface area (Å²) in [5, 5.41) is 0. The zero-order chi connectivity index (χ0) is 10.1. The van der Waals surface area contributed by atoms with Crippen molar-refractivity contribution in [2.24, 2.45) is 5.73 Å². The van der Waals surface area contributed by atoms with E-state index in [1.807, 2.05) is 0 Å². The summed E-state index contributed by atoms with van der Waals surface area (Å²) in [6, 6.07) is 1.18. The lowest BCUT2D eigenvalue weighted by Gasteiger charge is -2.16. The van der Waals surface area contributed by atoms with Crippen molar-refractivity contribution in [1.29, 1.82) is 0 Å². The van der Waals surface area contributed by atoms with Crippen LogP contribution in [0.3, 0.4) is 0 Å². The molecule has 0 aliphatic rings. The van der Waals surface area contributed by atoms with E-state index in [1.165, 1.54) is 12.3 Å². The lowest BCUT2D eigenvalue weighted by molar-refractivity contribution is 0.145. The largest absolute Gasteiger partial charge is 0.319 e. The Labute approximate surface area is 75.0 Å². The van der Waals surface area contributed by atoms with Gasteiger partial charge in [-0.2, -0.15) is 0 Å². The van der Waals surface area contributed by atoms with Gasteiger partial charge in [0.15, 0.2) is 0 Å². The predicted molar refractivity (Wildman–Crippen MR) is 44.2 cm³/mol. The first-order valence-corrected chi connectivity index (χ1v) is 3.81. The molecule has 0 atom stereocenters. The third-order valence-corrected chi connectivity index (χ3v) is 1.48. The highest BCUT2D eigenvalue weighted by Crippen LogP contribution is 2.18. The van der Waals surface area contributed by atoms with Crippen molar-refractivity contribution in [3.05, 3.63) is 23.8 Å². The highest BCUT2D eigenvalue weighted by Gasteiger charge is 2.19. The Hall–Kier alpha value is -1.10. The number of alkyl halides is 2. The van der Waals surface area contributed by atoms with Gasteiger partial charge in [0.2, 0.25) is 0 Å². The second-order valence-electron chi connectivity index (χ2n) is 3.33. The van der Waals surface area contributed by atoms with E-state index in [-0.39, 0.29) is 11.5 Å². The van der Waals surface area contributed by atoms with Crippen LogP contribution in [-0.4, -0.2) is 9.97 Å². The Kier molecular flexibility index (Phi) is 2.56. The van der Waals surface area contributed by atoms with Gasteiger partial charge in [-0.15, -0.1) is 0 Å². The van der Waals surface area contributed by atoms with E-state index < -0.39 is 12.0 Å². The highest BCUT2D eigenvalue weighted by atomic mass is 19.3. The van der Waals surface area contributed by atoms with Crippen LogP contribution >= 0.6 is 0 Å². The molecule has 1 aromatic heterocycles. The summed E-state index contributed by atoms with van der Waals surface area (Å²) < 4.78 is 24.4. The maximum atomic E-state index is 12.2. The molecule has 5 heteroatoms. The SMILES string of the molecule is CC(C)(N)c1nccc(C(F)F)n1. The first-order valence-electron chi connectivity index (χ1n) is 3.81. The average Bonchev–Trinajstić information content (AvgIpc) is 2.03. The number of halogens is 2. The molecule has 1 heterocycles. The summed E-state index contributed by atoms with van der Waals surface area (Å²) in [5.74, 6) is 0.227. The Morgan fingerprint density at radius 3 is 2.54 bits per heavy atom. The molecule has 0 unspecified atom stereocenters. The van der Waals surface area contributed by atoms with Crippen LogP contribution in [0.2, 0.25) is 0 Å². The third-order valence-electron chi connectivity index (χ3n) is 1.48. The fraction of sp³-hybridized carbons (Fsp3) is 0.500. The van der Waals surface area contributed by atoms with Crippen LogP contribution in [0.25, 0.3) is 0 Å². The van der Waals surface area contributed by atoms with Crippen LogP contribution in [0.4, 0.5) is 8.78 Å². The van der Waals surface area contributed by atoms with Gasteiger partial charge in [-0.3, -0.25) is 0 Å². The quantitative estimate of drug-likeness (QED) is 0.765. The van der Waals surface area contributed by atoms with Gasteiger partial charge in [0.1, 0.15) is 11.5 Å². The number of rotatable bonds is 2. The van der Waals surface area contributed by atoms with Gasteiger partial charge in [0.25, 0.3) is 6.43 Å². The van der Waals surface area contributed by atoms with Crippen LogP contribution < -0.4 is 5.73 Å². The van der Waals surface area contributed by atoms with Gasteiger partial charge in [0.05, 0.1) is 5.54 Å². The molecule has 0 aromatic carbocycles. The molecule has 0 aliphatic heterocycles. The second kappa shape index (κ2) is 3.33. The van der Waals surface area contributed by atoms with Gasteiger partial charge < -0.3 is 5.73 Å². The van der Waals surface area contributed by atoms with E-state index in [0.29, 0.717) is 0 Å². The number of nitrogens with two attached hydrogens (primary N) is 1. The predicted octanol–water partition coefficient (Wildman–Crippen LogP) is 1.61. The van der Waals surface area contributed by atoms with E-state index in [1.54, 1.807) is 13.8 Å². The molecule has 0 fully saturated rings. The second-order valence-corrected chi connectivity index (χ2v) is 3.33. The number of hydrogen-bond acceptors (Lipinski definition) is 3. The molecule has 0 radical (unpaired) electrons. The molecule has 2 N–H and O–H groups in total. The summed E-state index contributed by atoms with van der Waals surface area (Å²) in [5.41, 5.74) is 4.58. The van der Waals surface area contributed by atoms with Crippen LogP contribution in [0.5, 0.6) is 0 Å². The standard InChI is InChI=1S/C8H11F2N3/c1-8(2,11)7-12-4-3-5(13-7)6(9)10/h3-4,6H,11H2,1-2H3. The molecule has 1 rings (SSSR count). The highest BCUT2D eigenvalue weighted by molar-refractivity contribution is 5.08. The lowest BCUT2D eigenvalue weighted by Crippen LogP contribution is -2.31. The molecule has 3 nitrogen and oxygen atoms in total. The molecule has 13 heavy (non-hydrogen) atoms. The fourth-order valence-electron chi connectivity index (χ4n) is 0.805. The maximum absolute atomic E-state index is 12.2. The Morgan fingerprint density at radius 1 is 1.46 bits per heavy atom. The minimum atomic E-state index is -2.58. The molecular weight excluding hydrogens is 176 g/mol. The Bertz CT molecular complexity index is 294. The van der Waals surface area contributed by atoms with Crippen LogP contribution in [-0.2, 0) is 5.54 Å². The fourth-order valence-corrected chi connectivity index (χ4v) is 0.805. The molecule has 72 valence electrons. The Morgan fingerprint density at radius 2 is 2.08 bits per heavy atom. The minimum Gasteiger partial charge on any atom is -0.319 e. The van der Waals surface area contributed by atoms with E-state index in [4.69, 9.17) is 5.73 Å². The van der Waals surface area contributed by atoms with Gasteiger partial charge >= 0.3 is 0 Å². The molecule has 1 aromatic rings. The van der Waals surface area contributed by atoms with E-state index in [2.05, 4.69) is 9.97 Å². The van der Waals surface area contributed by atoms with E-state index in [9.17, 15) is 8.78 Å². The molecule has 0 spiro atoms. The van der Waals surface area contributed by atoms with Gasteiger partial charge in [-0.1, -0.05) is 0 Å². The zero-order valence-electron chi connectivity index (χ0n) is 7.46. The number of nitrogens with zero attached hydrogens (tertiary/aromatic N) is 2. The van der Waals surface area contributed by atoms with E-state index >= 15 is 0 Å². The number of hydrogen-bond donors (Lipinski definition) is 1. The lowest BCUT2D eigenvalue weighted by atomic mass is 10.1. The Balaban J connectivity index is 3.06. The van der Waals surface area contributed by atoms with Crippen LogP contribution in [0, 0.1) is 0 Å². The maximum Gasteiger partial charge on any atom is 0.280 e. The molecule has 0 saturated heterocycles. The van der Waals surface area contributed by atoms with Crippen molar-refractivity contribution in [2.45, 2.75) is 25.8 Å². The van der Waals surface area contributed by atoms with Gasteiger partial charge in [0, 0.05) is 6.20 Å². The van der Waals surface area contributed by atoms with Crippen molar-refractivity contribution in [3.8, 4) is 0 Å². The summed E-state index contributed by atoms with van der Waals surface area (Å²) in [4.78, 5) is 7.48. The van der Waals surface area contributed by atoms with Crippen molar-refractivity contribution in [1.82, 2.24) is 9.97 Å². The van der Waals surface area contributed by atoms with Crippen LogP contribution in [0.15, 0.2) is 12.3 Å². The molecular formula is C8H11F2N3. The summed E-state index contributed by atoms with van der Waals surface area (Å²) in [7, 11) is 0. The molecule has 0 aliphatic carbocycles. The van der Waals surface area contributed by atoms with Gasteiger partial charge in [-0.25, -0.2) is 18.7 Å². The topological polar surface area (TPSA) is 51.8 Å². The summed E-state index contributed by atoms with van der Waals surface area (Å²) in [6.07, 6.45) is -1.29. The molecule has 0 saturated carbocycles. The number of aromatic nitrogens is 2. The average molecular weight is 187 g/mol. The van der Waals surface area contributed by atoms with Crippen molar-refractivity contribution in [2.75, 3.05) is 0 Å². The van der Waals surface area contributed by atoms with Crippen molar-refractivity contribution >= 4 is 0 Å². The molecule has 0 bridgehead atoms. The monoisotopic (exact) mass is 187 g/mol. The first kappa shape index (κ1) is 9.98. The third kappa shape index (κ3) is 2.42. The molecule has 0 amide bonds. The van der Waals surface area contributed by atoms with E-state index in [0.717, 1.165) is 0 Å². The zero-order valence-corrected chi connectivity index (χ0v) is 7.46. The van der Waals surface area contributed by atoms with Crippen molar-refractivity contribution in [3.63, 3.8) is 0 Å². The normalized spacial score (nSPS) is 12.2. The minimum absolute atomic E-state index is 0.227. The summed E-state index contributed by atoms with van der Waals surface area (Å²) >= 11 is 0. The van der Waals surface area contributed by atoms with Crippen molar-refractivity contribution < 1.29 is 8.78 Å².